The van der Waals surface area contributed by atoms with Crippen molar-refractivity contribution in [3.8, 4) is 0 Å². The average molecular weight is 315 g/mol. The van der Waals surface area contributed by atoms with E-state index in [9.17, 15) is 9.59 Å². The Bertz CT molecular complexity index is 770. The Hall–Kier alpha value is -2.90. The Kier molecular flexibility index (Phi) is 3.73. The summed E-state index contributed by atoms with van der Waals surface area (Å²) in [7, 11) is 1.80. The number of amides is 1. The molecule has 8 nitrogen and oxygen atoms in total. The quantitative estimate of drug-likeness (QED) is 0.874. The highest BCUT2D eigenvalue weighted by Gasteiger charge is 2.34. The van der Waals surface area contributed by atoms with Gasteiger partial charge >= 0.3 is 5.97 Å². The van der Waals surface area contributed by atoms with E-state index in [1.54, 1.807) is 28.8 Å². The number of rotatable bonds is 4. The lowest BCUT2D eigenvalue weighted by atomic mass is 10.2. The number of hydrogen-bond donors (Lipinski definition) is 2. The third-order valence-electron chi connectivity index (χ3n) is 3.75. The van der Waals surface area contributed by atoms with Gasteiger partial charge < -0.3 is 10.4 Å². The third-order valence-corrected chi connectivity index (χ3v) is 3.75. The van der Waals surface area contributed by atoms with E-state index in [1.807, 2.05) is 13.0 Å². The molecule has 1 aliphatic rings. The molecule has 2 aromatic rings. The summed E-state index contributed by atoms with van der Waals surface area (Å²) < 4.78 is 1.68. The van der Waals surface area contributed by atoms with E-state index in [0.717, 1.165) is 11.5 Å². The Morgan fingerprint density at radius 1 is 1.43 bits per heavy atom. The summed E-state index contributed by atoms with van der Waals surface area (Å²) in [5.74, 6) is -0.0377. The average Bonchev–Trinajstić information content (AvgIpc) is 3.02. The molecule has 3 heterocycles. The molecule has 120 valence electrons. The topological polar surface area (TPSA) is 100 Å². The summed E-state index contributed by atoms with van der Waals surface area (Å²) in [5, 5.41) is 16.2. The van der Waals surface area contributed by atoms with Gasteiger partial charge in [0.15, 0.2) is 5.69 Å². The van der Waals surface area contributed by atoms with Gasteiger partial charge in [0.1, 0.15) is 17.7 Å². The van der Waals surface area contributed by atoms with Gasteiger partial charge in [0.2, 0.25) is 0 Å². The van der Waals surface area contributed by atoms with Gasteiger partial charge in [-0.15, -0.1) is 0 Å². The third kappa shape index (κ3) is 2.87. The van der Waals surface area contributed by atoms with Gasteiger partial charge in [-0.3, -0.25) is 14.4 Å². The highest BCUT2D eigenvalue weighted by Crippen LogP contribution is 2.23. The van der Waals surface area contributed by atoms with Crippen LogP contribution in [0.25, 0.3) is 0 Å². The van der Waals surface area contributed by atoms with E-state index in [4.69, 9.17) is 5.11 Å². The zero-order valence-electron chi connectivity index (χ0n) is 12.9. The molecule has 2 N–H and O–H groups in total. The van der Waals surface area contributed by atoms with Gasteiger partial charge in [-0.2, -0.15) is 5.10 Å². The molecule has 8 heteroatoms. The van der Waals surface area contributed by atoms with Gasteiger partial charge in [0, 0.05) is 19.7 Å². The fourth-order valence-corrected chi connectivity index (χ4v) is 2.70. The molecule has 1 aliphatic heterocycles. The van der Waals surface area contributed by atoms with Crippen LogP contribution in [0.3, 0.4) is 0 Å². The predicted molar refractivity (Wildman–Crippen MR) is 83.5 cm³/mol. The first-order chi connectivity index (χ1) is 11.0. The van der Waals surface area contributed by atoms with Crippen LogP contribution in [-0.4, -0.2) is 44.3 Å². The normalized spacial score (nSPS) is 17.6. The molecular weight excluding hydrogens is 298 g/mol. The number of carboxylic acids is 1. The number of hydrogen-bond acceptors (Lipinski definition) is 5. The lowest BCUT2D eigenvalue weighted by Gasteiger charge is -2.17. The molecule has 3 rings (SSSR count). The first kappa shape index (κ1) is 15.0. The monoisotopic (exact) mass is 315 g/mol. The van der Waals surface area contributed by atoms with Crippen molar-refractivity contribution in [3.63, 3.8) is 0 Å². The summed E-state index contributed by atoms with van der Waals surface area (Å²) in [5.41, 5.74) is 0.794. The van der Waals surface area contributed by atoms with Crippen molar-refractivity contribution in [2.24, 2.45) is 7.05 Å². The predicted octanol–water partition coefficient (Wildman–Crippen LogP) is 1.04. The van der Waals surface area contributed by atoms with Crippen LogP contribution >= 0.6 is 0 Å². The molecule has 1 saturated heterocycles. The Balaban J connectivity index is 1.76. The van der Waals surface area contributed by atoms with Crippen molar-refractivity contribution < 1.29 is 14.7 Å². The number of aromatic carboxylic acids is 1. The highest BCUT2D eigenvalue weighted by atomic mass is 16.4. The summed E-state index contributed by atoms with van der Waals surface area (Å²) in [6.07, 6.45) is 0.613. The molecule has 0 bridgehead atoms. The molecular formula is C15H17N5O3. The van der Waals surface area contributed by atoms with Crippen molar-refractivity contribution in [2.45, 2.75) is 19.4 Å². The number of anilines is 2. The second-order valence-electron chi connectivity index (χ2n) is 5.46. The molecule has 0 saturated carbocycles. The molecule has 0 radical (unpaired) electrons. The van der Waals surface area contributed by atoms with Crippen molar-refractivity contribution in [2.75, 3.05) is 16.8 Å². The summed E-state index contributed by atoms with van der Waals surface area (Å²) >= 11 is 0. The maximum Gasteiger partial charge on any atom is 0.354 e. The minimum Gasteiger partial charge on any atom is -0.477 e. The van der Waals surface area contributed by atoms with E-state index in [-0.39, 0.29) is 11.6 Å². The van der Waals surface area contributed by atoms with Crippen LogP contribution < -0.4 is 10.2 Å². The van der Waals surface area contributed by atoms with Crippen LogP contribution in [0.4, 0.5) is 11.6 Å². The van der Waals surface area contributed by atoms with Crippen LogP contribution in [-0.2, 0) is 11.8 Å². The maximum atomic E-state index is 12.6. The van der Waals surface area contributed by atoms with E-state index in [0.29, 0.717) is 18.8 Å². The molecule has 0 spiro atoms. The van der Waals surface area contributed by atoms with Crippen LogP contribution in [0.15, 0.2) is 24.3 Å². The molecule has 2 aromatic heterocycles. The zero-order valence-corrected chi connectivity index (χ0v) is 12.9. The van der Waals surface area contributed by atoms with Crippen LogP contribution in [0.2, 0.25) is 0 Å². The molecule has 1 atom stereocenters. The van der Waals surface area contributed by atoms with Gasteiger partial charge in [-0.25, -0.2) is 9.78 Å². The summed E-state index contributed by atoms with van der Waals surface area (Å²) in [6, 6.07) is 6.09. The first-order valence-electron chi connectivity index (χ1n) is 7.24. The fourth-order valence-electron chi connectivity index (χ4n) is 2.70. The number of carbonyl (C=O) groups excluding carboxylic acids is 1. The SMILES string of the molecule is Cc1cc(N2CCC(Nc3cccc(C(=O)O)n3)C2=O)n(C)n1. The van der Waals surface area contributed by atoms with E-state index in [2.05, 4.69) is 15.4 Å². The number of aryl methyl sites for hydroxylation is 2. The Morgan fingerprint density at radius 2 is 2.22 bits per heavy atom. The number of aromatic nitrogens is 3. The second kappa shape index (κ2) is 5.71. The number of nitrogens with one attached hydrogen (secondary N) is 1. The second-order valence-corrected chi connectivity index (χ2v) is 5.46. The van der Waals surface area contributed by atoms with Crippen LogP contribution in [0.5, 0.6) is 0 Å². The smallest absolute Gasteiger partial charge is 0.354 e. The minimum atomic E-state index is -1.10. The Labute approximate surface area is 132 Å². The van der Waals surface area contributed by atoms with Gasteiger partial charge in [-0.1, -0.05) is 6.07 Å². The first-order valence-corrected chi connectivity index (χ1v) is 7.24. The number of carbonyl (C=O) groups is 2. The summed E-state index contributed by atoms with van der Waals surface area (Å²) in [6.45, 7) is 2.45. The molecule has 0 aromatic carbocycles. The molecule has 23 heavy (non-hydrogen) atoms. The molecule has 1 amide bonds. The van der Waals surface area contributed by atoms with E-state index >= 15 is 0 Å². The molecule has 0 aliphatic carbocycles. The number of carboxylic acid groups (broad SMARTS) is 1. The highest BCUT2D eigenvalue weighted by molar-refractivity contribution is 6.00. The van der Waals surface area contributed by atoms with E-state index < -0.39 is 12.0 Å². The largest absolute Gasteiger partial charge is 0.477 e. The van der Waals surface area contributed by atoms with Crippen LogP contribution in [0.1, 0.15) is 22.6 Å². The molecule has 1 fully saturated rings. The van der Waals surface area contributed by atoms with Crippen molar-refractivity contribution in [1.29, 1.82) is 0 Å². The lowest BCUT2D eigenvalue weighted by molar-refractivity contribution is -0.117. The van der Waals surface area contributed by atoms with Crippen molar-refractivity contribution in [1.82, 2.24) is 14.8 Å². The standard InChI is InChI=1S/C15H17N5O3/c1-9-8-13(19(2)18-9)20-7-6-10(14(20)21)16-12-5-3-4-11(17-12)15(22)23/h3-5,8,10H,6-7H2,1-2H3,(H,16,17)(H,22,23). The van der Waals surface area contributed by atoms with Crippen molar-refractivity contribution in [3.05, 3.63) is 35.7 Å². The van der Waals surface area contributed by atoms with Gasteiger partial charge in [-0.05, 0) is 25.5 Å². The van der Waals surface area contributed by atoms with Crippen molar-refractivity contribution >= 4 is 23.5 Å². The maximum absolute atomic E-state index is 12.6. The van der Waals surface area contributed by atoms with Gasteiger partial charge in [0.25, 0.3) is 5.91 Å². The lowest BCUT2D eigenvalue weighted by Crippen LogP contribution is -2.34. The number of pyridine rings is 1. The molecule has 1 unspecified atom stereocenters. The van der Waals surface area contributed by atoms with Gasteiger partial charge in [0.05, 0.1) is 5.69 Å². The zero-order chi connectivity index (χ0) is 16.6. The van der Waals surface area contributed by atoms with E-state index in [1.165, 1.54) is 6.07 Å². The van der Waals surface area contributed by atoms with Crippen LogP contribution in [0, 0.1) is 6.92 Å². The fraction of sp³-hybridized carbons (Fsp3) is 0.333. The minimum absolute atomic E-state index is 0.0560. The summed E-state index contributed by atoms with van der Waals surface area (Å²) in [4.78, 5) is 29.2. The number of nitrogens with zero attached hydrogens (tertiary/aromatic N) is 4. The Morgan fingerprint density at radius 3 is 2.87 bits per heavy atom.